The second-order valence-corrected chi connectivity index (χ2v) is 8.33. The summed E-state index contributed by atoms with van der Waals surface area (Å²) in [5.41, 5.74) is 1.16. The third-order valence-electron chi connectivity index (χ3n) is 3.45. The standard InChI is InChI=1S/C13H16ClFN2O2S/c1-13(2,20(3,18)19)8-17-11-5-4-9(15)6-10(11)16-12(17)7-14/h4-6H,7-8H2,1-3H3. The van der Waals surface area contributed by atoms with Crippen LogP contribution in [0.3, 0.4) is 0 Å². The first kappa shape index (κ1) is 15.3. The van der Waals surface area contributed by atoms with Gasteiger partial charge in [0.2, 0.25) is 0 Å². The maximum atomic E-state index is 13.2. The highest BCUT2D eigenvalue weighted by Gasteiger charge is 2.32. The fourth-order valence-corrected chi connectivity index (χ4v) is 2.50. The highest BCUT2D eigenvalue weighted by Crippen LogP contribution is 2.24. The van der Waals surface area contributed by atoms with Gasteiger partial charge in [-0.05, 0) is 26.0 Å². The largest absolute Gasteiger partial charge is 0.325 e. The predicted octanol–water partition coefficient (Wildman–Crippen LogP) is 2.74. The fourth-order valence-electron chi connectivity index (χ4n) is 1.93. The van der Waals surface area contributed by atoms with Crippen molar-refractivity contribution >= 4 is 32.5 Å². The Labute approximate surface area is 122 Å². The van der Waals surface area contributed by atoms with Crippen LogP contribution in [0.1, 0.15) is 19.7 Å². The van der Waals surface area contributed by atoms with Crippen molar-refractivity contribution in [2.45, 2.75) is 31.0 Å². The van der Waals surface area contributed by atoms with Crippen molar-refractivity contribution < 1.29 is 12.8 Å². The summed E-state index contributed by atoms with van der Waals surface area (Å²) in [6.45, 7) is 3.52. The lowest BCUT2D eigenvalue weighted by atomic mass is 10.2. The first-order valence-electron chi connectivity index (χ1n) is 6.06. The Morgan fingerprint density at radius 2 is 2.05 bits per heavy atom. The number of alkyl halides is 1. The van der Waals surface area contributed by atoms with Gasteiger partial charge >= 0.3 is 0 Å². The molecular weight excluding hydrogens is 303 g/mol. The number of aromatic nitrogens is 2. The zero-order valence-electron chi connectivity index (χ0n) is 11.5. The molecule has 0 spiro atoms. The first-order valence-corrected chi connectivity index (χ1v) is 8.48. The average molecular weight is 319 g/mol. The van der Waals surface area contributed by atoms with Crippen LogP contribution < -0.4 is 0 Å². The summed E-state index contributed by atoms with van der Waals surface area (Å²) in [4.78, 5) is 4.25. The van der Waals surface area contributed by atoms with Gasteiger partial charge in [0.05, 0.1) is 21.7 Å². The molecule has 0 unspecified atom stereocenters. The van der Waals surface area contributed by atoms with Gasteiger partial charge in [-0.25, -0.2) is 17.8 Å². The molecule has 0 saturated heterocycles. The molecule has 7 heteroatoms. The minimum absolute atomic E-state index is 0.135. The Hall–Kier alpha value is -1.14. The Morgan fingerprint density at radius 3 is 2.60 bits per heavy atom. The molecule has 2 aromatic rings. The maximum absolute atomic E-state index is 13.2. The molecule has 0 N–H and O–H groups in total. The van der Waals surface area contributed by atoms with Crippen molar-refractivity contribution in [2.75, 3.05) is 6.26 Å². The average Bonchev–Trinajstić information content (AvgIpc) is 2.64. The number of sulfone groups is 1. The van der Waals surface area contributed by atoms with E-state index in [1.165, 1.54) is 18.4 Å². The molecule has 110 valence electrons. The van der Waals surface area contributed by atoms with Crippen LogP contribution in [-0.2, 0) is 22.3 Å². The van der Waals surface area contributed by atoms with Gasteiger partial charge in [-0.3, -0.25) is 0 Å². The van der Waals surface area contributed by atoms with E-state index in [9.17, 15) is 12.8 Å². The lowest BCUT2D eigenvalue weighted by molar-refractivity contribution is 0.503. The van der Waals surface area contributed by atoms with E-state index in [2.05, 4.69) is 4.98 Å². The van der Waals surface area contributed by atoms with Gasteiger partial charge in [0.25, 0.3) is 0 Å². The first-order chi connectivity index (χ1) is 9.15. The number of imidazole rings is 1. The smallest absolute Gasteiger partial charge is 0.154 e. The molecule has 0 aliphatic rings. The van der Waals surface area contributed by atoms with Gasteiger partial charge < -0.3 is 4.57 Å². The summed E-state index contributed by atoms with van der Waals surface area (Å²) in [7, 11) is -3.25. The SMILES string of the molecule is CC(C)(Cn1c(CCl)nc2cc(F)ccc21)S(C)(=O)=O. The van der Waals surface area contributed by atoms with Crippen molar-refractivity contribution in [3.8, 4) is 0 Å². The molecule has 0 saturated carbocycles. The molecule has 4 nitrogen and oxygen atoms in total. The quantitative estimate of drug-likeness (QED) is 0.814. The van der Waals surface area contributed by atoms with Gasteiger partial charge in [0.15, 0.2) is 9.84 Å². The van der Waals surface area contributed by atoms with Crippen molar-refractivity contribution in [3.05, 3.63) is 29.8 Å². The van der Waals surface area contributed by atoms with Crippen molar-refractivity contribution in [2.24, 2.45) is 0 Å². The molecular formula is C13H16ClFN2O2S. The lowest BCUT2D eigenvalue weighted by Gasteiger charge is -2.24. The summed E-state index contributed by atoms with van der Waals surface area (Å²) in [6.07, 6.45) is 1.20. The molecule has 0 radical (unpaired) electrons. The molecule has 1 heterocycles. The van der Waals surface area contributed by atoms with Crippen LogP contribution in [0.25, 0.3) is 11.0 Å². The number of hydrogen-bond donors (Lipinski definition) is 0. The van der Waals surface area contributed by atoms with E-state index in [4.69, 9.17) is 11.6 Å². The highest BCUT2D eigenvalue weighted by atomic mass is 35.5. The molecule has 0 fully saturated rings. The van der Waals surface area contributed by atoms with Crippen molar-refractivity contribution in [3.63, 3.8) is 0 Å². The van der Waals surface area contributed by atoms with Gasteiger partial charge in [-0.15, -0.1) is 11.6 Å². The van der Waals surface area contributed by atoms with Gasteiger partial charge in [-0.2, -0.15) is 0 Å². The molecule has 0 atom stereocenters. The summed E-state index contributed by atoms with van der Waals surface area (Å²) in [5, 5.41) is 0. The summed E-state index contributed by atoms with van der Waals surface area (Å²) < 4.78 is 37.7. The third-order valence-corrected chi connectivity index (χ3v) is 5.83. The minimum atomic E-state index is -3.25. The normalized spacial score (nSPS) is 13.1. The Kier molecular flexibility index (Phi) is 3.81. The second-order valence-electron chi connectivity index (χ2n) is 5.41. The van der Waals surface area contributed by atoms with E-state index in [-0.39, 0.29) is 18.2 Å². The zero-order chi connectivity index (χ0) is 15.1. The van der Waals surface area contributed by atoms with E-state index in [0.717, 1.165) is 0 Å². The van der Waals surface area contributed by atoms with E-state index in [1.54, 1.807) is 24.5 Å². The fraction of sp³-hybridized carbons (Fsp3) is 0.462. The van der Waals surface area contributed by atoms with Gasteiger partial charge in [-0.1, -0.05) is 0 Å². The Balaban J connectivity index is 2.59. The Bertz CT molecular complexity index is 753. The highest BCUT2D eigenvalue weighted by molar-refractivity contribution is 7.92. The third kappa shape index (κ3) is 2.67. The van der Waals surface area contributed by atoms with Crippen LogP contribution in [-0.4, -0.2) is 29.0 Å². The van der Waals surface area contributed by atoms with Crippen LogP contribution in [0, 0.1) is 5.82 Å². The molecule has 0 aliphatic heterocycles. The number of benzene rings is 1. The van der Waals surface area contributed by atoms with E-state index >= 15 is 0 Å². The molecule has 0 bridgehead atoms. The molecule has 0 aliphatic carbocycles. The van der Waals surface area contributed by atoms with Crippen LogP contribution in [0.15, 0.2) is 18.2 Å². The molecule has 20 heavy (non-hydrogen) atoms. The number of halogens is 2. The number of fused-ring (bicyclic) bond motifs is 1. The minimum Gasteiger partial charge on any atom is -0.325 e. The van der Waals surface area contributed by atoms with Crippen LogP contribution in [0.4, 0.5) is 4.39 Å². The molecule has 0 amide bonds. The summed E-state index contributed by atoms with van der Waals surface area (Å²) in [5.74, 6) is 0.283. The van der Waals surface area contributed by atoms with Gasteiger partial charge in [0, 0.05) is 18.9 Å². The summed E-state index contributed by atoms with van der Waals surface area (Å²) >= 11 is 5.86. The number of hydrogen-bond acceptors (Lipinski definition) is 3. The van der Waals surface area contributed by atoms with Gasteiger partial charge in [0.1, 0.15) is 11.6 Å². The topological polar surface area (TPSA) is 52.0 Å². The summed E-state index contributed by atoms with van der Waals surface area (Å²) in [6, 6.07) is 4.23. The Morgan fingerprint density at radius 1 is 1.40 bits per heavy atom. The van der Waals surface area contributed by atoms with Crippen molar-refractivity contribution in [1.29, 1.82) is 0 Å². The van der Waals surface area contributed by atoms with E-state index in [1.807, 2.05) is 0 Å². The zero-order valence-corrected chi connectivity index (χ0v) is 13.1. The van der Waals surface area contributed by atoms with E-state index < -0.39 is 14.6 Å². The molecule has 2 rings (SSSR count). The van der Waals surface area contributed by atoms with Crippen LogP contribution >= 0.6 is 11.6 Å². The maximum Gasteiger partial charge on any atom is 0.154 e. The monoisotopic (exact) mass is 318 g/mol. The number of nitrogens with zero attached hydrogens (tertiary/aromatic N) is 2. The van der Waals surface area contributed by atoms with E-state index in [0.29, 0.717) is 16.9 Å². The number of rotatable bonds is 4. The van der Waals surface area contributed by atoms with Crippen LogP contribution in [0.5, 0.6) is 0 Å². The lowest BCUT2D eigenvalue weighted by Crippen LogP contribution is -2.36. The second kappa shape index (κ2) is 5.00. The van der Waals surface area contributed by atoms with Crippen LogP contribution in [0.2, 0.25) is 0 Å². The molecule has 1 aromatic heterocycles. The molecule has 1 aromatic carbocycles. The predicted molar refractivity (Wildman–Crippen MR) is 78.2 cm³/mol. The van der Waals surface area contributed by atoms with Crippen molar-refractivity contribution in [1.82, 2.24) is 9.55 Å².